The molecule has 0 bridgehead atoms. The number of nitrogens with one attached hydrogen (secondary N) is 1. The molecule has 2 heterocycles. The summed E-state index contributed by atoms with van der Waals surface area (Å²) in [6.07, 6.45) is 1.11. The summed E-state index contributed by atoms with van der Waals surface area (Å²) in [6.45, 7) is 11.1. The minimum Gasteiger partial charge on any atom is -0.394 e. The maximum atomic E-state index is 9.15. The van der Waals surface area contributed by atoms with Crippen molar-refractivity contribution < 1.29 is 5.11 Å². The van der Waals surface area contributed by atoms with E-state index in [4.69, 9.17) is 5.11 Å². The van der Waals surface area contributed by atoms with Crippen molar-refractivity contribution in [1.29, 1.82) is 0 Å². The summed E-state index contributed by atoms with van der Waals surface area (Å²) in [5.41, 5.74) is 7.55. The van der Waals surface area contributed by atoms with E-state index in [1.54, 1.807) is 0 Å². The molecule has 0 saturated heterocycles. The van der Waals surface area contributed by atoms with E-state index in [-0.39, 0.29) is 6.61 Å². The van der Waals surface area contributed by atoms with Gasteiger partial charge in [-0.05, 0) is 44.0 Å². The number of rotatable bonds is 6. The Morgan fingerprint density at radius 3 is 2.88 bits per heavy atom. The summed E-state index contributed by atoms with van der Waals surface area (Å²) in [5, 5.41) is 17.3. The summed E-state index contributed by atoms with van der Waals surface area (Å²) < 4.78 is 1.89. The molecule has 1 aliphatic rings. The van der Waals surface area contributed by atoms with Crippen LogP contribution in [0.4, 0.5) is 5.69 Å². The number of likely N-dealkylation sites (N-methyl/N-ethyl adjacent to an activating group) is 1. The van der Waals surface area contributed by atoms with Crippen molar-refractivity contribution in [2.45, 2.75) is 46.8 Å². The standard InChI is InChI=1S/C19H28N4O/c1-4-22-9-8-17-16(13-22)6-5-7-19(17)20-12-18-14(2)21-23(10-11-24)15(18)3/h5-7,20,24H,4,8-13H2,1-3H3. The summed E-state index contributed by atoms with van der Waals surface area (Å²) in [7, 11) is 0. The Morgan fingerprint density at radius 1 is 1.29 bits per heavy atom. The zero-order valence-electron chi connectivity index (χ0n) is 15.0. The highest BCUT2D eigenvalue weighted by Crippen LogP contribution is 2.27. The Kier molecular flexibility index (Phi) is 5.21. The van der Waals surface area contributed by atoms with E-state index in [1.807, 2.05) is 11.6 Å². The quantitative estimate of drug-likeness (QED) is 0.855. The van der Waals surface area contributed by atoms with Gasteiger partial charge in [0.05, 0.1) is 18.8 Å². The number of aliphatic hydroxyl groups excluding tert-OH is 1. The smallest absolute Gasteiger partial charge is 0.0646 e. The fraction of sp³-hybridized carbons (Fsp3) is 0.526. The van der Waals surface area contributed by atoms with E-state index < -0.39 is 0 Å². The van der Waals surface area contributed by atoms with Crippen molar-refractivity contribution in [2.24, 2.45) is 0 Å². The number of nitrogens with zero attached hydrogens (tertiary/aromatic N) is 3. The van der Waals surface area contributed by atoms with Crippen LogP contribution in [-0.2, 0) is 26.1 Å². The molecular formula is C19H28N4O. The van der Waals surface area contributed by atoms with Gasteiger partial charge in [-0.1, -0.05) is 19.1 Å². The van der Waals surface area contributed by atoms with Gasteiger partial charge in [0.25, 0.3) is 0 Å². The van der Waals surface area contributed by atoms with Crippen LogP contribution in [-0.4, -0.2) is 39.5 Å². The van der Waals surface area contributed by atoms with Gasteiger partial charge in [-0.3, -0.25) is 9.58 Å². The van der Waals surface area contributed by atoms with E-state index in [2.05, 4.69) is 47.4 Å². The number of aromatic nitrogens is 2. The van der Waals surface area contributed by atoms with Gasteiger partial charge in [-0.15, -0.1) is 0 Å². The highest BCUT2D eigenvalue weighted by molar-refractivity contribution is 5.56. The lowest BCUT2D eigenvalue weighted by Gasteiger charge is -2.29. The summed E-state index contributed by atoms with van der Waals surface area (Å²) in [4.78, 5) is 2.49. The van der Waals surface area contributed by atoms with Crippen LogP contribution in [0.15, 0.2) is 18.2 Å². The maximum Gasteiger partial charge on any atom is 0.0646 e. The Labute approximate surface area is 144 Å². The van der Waals surface area contributed by atoms with E-state index >= 15 is 0 Å². The van der Waals surface area contributed by atoms with Crippen molar-refractivity contribution in [3.63, 3.8) is 0 Å². The fourth-order valence-corrected chi connectivity index (χ4v) is 3.59. The first kappa shape index (κ1) is 17.0. The fourth-order valence-electron chi connectivity index (χ4n) is 3.59. The van der Waals surface area contributed by atoms with Crippen molar-refractivity contribution in [3.05, 3.63) is 46.3 Å². The predicted molar refractivity (Wildman–Crippen MR) is 97.2 cm³/mol. The molecule has 2 aromatic rings. The van der Waals surface area contributed by atoms with Crippen LogP contribution in [0.1, 0.15) is 35.0 Å². The molecule has 1 aromatic carbocycles. The Morgan fingerprint density at radius 2 is 2.12 bits per heavy atom. The number of aliphatic hydroxyl groups is 1. The Balaban J connectivity index is 1.77. The molecule has 0 saturated carbocycles. The number of benzene rings is 1. The van der Waals surface area contributed by atoms with E-state index in [0.29, 0.717) is 6.54 Å². The largest absolute Gasteiger partial charge is 0.394 e. The van der Waals surface area contributed by atoms with Crippen molar-refractivity contribution in [2.75, 3.05) is 25.0 Å². The van der Waals surface area contributed by atoms with Gasteiger partial charge in [0, 0.05) is 36.6 Å². The van der Waals surface area contributed by atoms with Crippen LogP contribution >= 0.6 is 0 Å². The monoisotopic (exact) mass is 328 g/mol. The molecule has 0 atom stereocenters. The second kappa shape index (κ2) is 7.36. The Bertz CT molecular complexity index is 708. The van der Waals surface area contributed by atoms with E-state index in [1.165, 1.54) is 22.4 Å². The molecule has 0 amide bonds. The van der Waals surface area contributed by atoms with Crippen LogP contribution in [0.25, 0.3) is 0 Å². The second-order valence-electron chi connectivity index (χ2n) is 6.51. The van der Waals surface area contributed by atoms with Crippen LogP contribution in [0, 0.1) is 13.8 Å². The Hall–Kier alpha value is -1.85. The normalized spacial score (nSPS) is 14.7. The average molecular weight is 328 g/mol. The molecule has 0 unspecified atom stereocenters. The van der Waals surface area contributed by atoms with Crippen LogP contribution in [0.3, 0.4) is 0 Å². The molecule has 24 heavy (non-hydrogen) atoms. The van der Waals surface area contributed by atoms with Gasteiger partial charge in [0.2, 0.25) is 0 Å². The lowest BCUT2D eigenvalue weighted by Crippen LogP contribution is -2.30. The van der Waals surface area contributed by atoms with Crippen molar-refractivity contribution >= 4 is 5.69 Å². The van der Waals surface area contributed by atoms with Crippen LogP contribution in [0.5, 0.6) is 0 Å². The first-order valence-corrected chi connectivity index (χ1v) is 8.84. The zero-order valence-corrected chi connectivity index (χ0v) is 15.0. The molecule has 0 fully saturated rings. The maximum absolute atomic E-state index is 9.15. The number of aryl methyl sites for hydroxylation is 1. The van der Waals surface area contributed by atoms with Gasteiger partial charge in [-0.25, -0.2) is 0 Å². The summed E-state index contributed by atoms with van der Waals surface area (Å²) in [6, 6.07) is 6.58. The summed E-state index contributed by atoms with van der Waals surface area (Å²) in [5.74, 6) is 0. The highest BCUT2D eigenvalue weighted by Gasteiger charge is 2.18. The number of hydrogen-bond acceptors (Lipinski definition) is 4. The molecule has 0 aliphatic carbocycles. The minimum absolute atomic E-state index is 0.120. The molecule has 130 valence electrons. The molecular weight excluding hydrogens is 300 g/mol. The minimum atomic E-state index is 0.120. The molecule has 0 spiro atoms. The molecule has 1 aliphatic heterocycles. The van der Waals surface area contributed by atoms with Crippen molar-refractivity contribution in [3.8, 4) is 0 Å². The number of anilines is 1. The van der Waals surface area contributed by atoms with Crippen molar-refractivity contribution in [1.82, 2.24) is 14.7 Å². The lowest BCUT2D eigenvalue weighted by atomic mass is 9.97. The van der Waals surface area contributed by atoms with E-state index in [9.17, 15) is 0 Å². The van der Waals surface area contributed by atoms with Gasteiger partial charge in [0.15, 0.2) is 0 Å². The number of hydrogen-bond donors (Lipinski definition) is 2. The van der Waals surface area contributed by atoms with Gasteiger partial charge < -0.3 is 10.4 Å². The molecule has 5 heteroatoms. The van der Waals surface area contributed by atoms with Crippen LogP contribution < -0.4 is 5.32 Å². The van der Waals surface area contributed by atoms with Gasteiger partial charge >= 0.3 is 0 Å². The highest BCUT2D eigenvalue weighted by atomic mass is 16.3. The van der Waals surface area contributed by atoms with Gasteiger partial charge in [0.1, 0.15) is 0 Å². The molecule has 5 nitrogen and oxygen atoms in total. The first-order valence-electron chi connectivity index (χ1n) is 8.84. The zero-order chi connectivity index (χ0) is 17.1. The second-order valence-corrected chi connectivity index (χ2v) is 6.51. The van der Waals surface area contributed by atoms with Gasteiger partial charge in [-0.2, -0.15) is 5.10 Å². The third-order valence-corrected chi connectivity index (χ3v) is 5.09. The average Bonchev–Trinajstić information content (AvgIpc) is 2.86. The molecule has 1 aromatic heterocycles. The third-order valence-electron chi connectivity index (χ3n) is 5.09. The van der Waals surface area contributed by atoms with Crippen LogP contribution in [0.2, 0.25) is 0 Å². The number of fused-ring (bicyclic) bond motifs is 1. The summed E-state index contributed by atoms with van der Waals surface area (Å²) >= 11 is 0. The molecule has 2 N–H and O–H groups in total. The lowest BCUT2D eigenvalue weighted by molar-refractivity contribution is 0.268. The molecule has 3 rings (SSSR count). The molecule has 0 radical (unpaired) electrons. The SMILES string of the molecule is CCN1CCc2c(cccc2NCc2c(C)nn(CCO)c2C)C1. The first-order chi connectivity index (χ1) is 11.6. The predicted octanol–water partition coefficient (Wildman–Crippen LogP) is 2.48. The topological polar surface area (TPSA) is 53.3 Å². The third kappa shape index (κ3) is 3.32. The van der Waals surface area contributed by atoms with E-state index in [0.717, 1.165) is 44.0 Å².